The Bertz CT molecular complexity index is 1120. The van der Waals surface area contributed by atoms with E-state index in [9.17, 15) is 28.3 Å². The lowest BCUT2D eigenvalue weighted by Crippen LogP contribution is -2.43. The molecule has 11 heteroatoms. The van der Waals surface area contributed by atoms with Crippen LogP contribution in [0.3, 0.4) is 0 Å². The number of carbonyl (C=O) groups is 2. The van der Waals surface area contributed by atoms with E-state index < -0.39 is 45.9 Å². The summed E-state index contributed by atoms with van der Waals surface area (Å²) in [6.45, 7) is 1.67. The lowest BCUT2D eigenvalue weighted by atomic mass is 9.92. The van der Waals surface area contributed by atoms with E-state index in [1.807, 2.05) is 0 Å². The second-order valence-corrected chi connectivity index (χ2v) is 7.52. The average molecular weight is 448 g/mol. The third kappa shape index (κ3) is 4.37. The number of oxime groups is 1. The van der Waals surface area contributed by atoms with Crippen LogP contribution in [0.15, 0.2) is 34.3 Å². The SMILES string of the molecule is CNCC(n1cc(C(=O)NCc2ccc(F)cc2F)c(=O)c(O)c1C=O)C1(C)CC=NO1. The molecule has 0 spiro atoms. The Hall–Kier alpha value is -3.60. The molecule has 9 nitrogen and oxygen atoms in total. The number of hydrogen-bond donors (Lipinski definition) is 3. The number of aldehydes is 1. The van der Waals surface area contributed by atoms with Gasteiger partial charge in [-0.15, -0.1) is 0 Å². The van der Waals surface area contributed by atoms with Crippen molar-refractivity contribution in [3.63, 3.8) is 0 Å². The van der Waals surface area contributed by atoms with Crippen LogP contribution in [0.2, 0.25) is 0 Å². The fourth-order valence-electron chi connectivity index (χ4n) is 3.52. The highest BCUT2D eigenvalue weighted by molar-refractivity contribution is 5.95. The van der Waals surface area contributed by atoms with Crippen molar-refractivity contribution in [2.24, 2.45) is 5.16 Å². The molecule has 32 heavy (non-hydrogen) atoms. The second-order valence-electron chi connectivity index (χ2n) is 7.52. The highest BCUT2D eigenvalue weighted by atomic mass is 19.1. The molecule has 0 saturated carbocycles. The van der Waals surface area contributed by atoms with E-state index >= 15 is 0 Å². The van der Waals surface area contributed by atoms with Crippen molar-refractivity contribution in [3.8, 4) is 5.75 Å². The molecule has 1 aliphatic rings. The van der Waals surface area contributed by atoms with Crippen LogP contribution in [0.25, 0.3) is 0 Å². The summed E-state index contributed by atoms with van der Waals surface area (Å²) >= 11 is 0. The molecule has 1 aromatic carbocycles. The number of carbonyl (C=O) groups excluding carboxylic acids is 2. The van der Waals surface area contributed by atoms with Crippen LogP contribution in [-0.2, 0) is 11.4 Å². The van der Waals surface area contributed by atoms with Gasteiger partial charge in [0.05, 0.1) is 6.04 Å². The Morgan fingerprint density at radius 2 is 2.19 bits per heavy atom. The summed E-state index contributed by atoms with van der Waals surface area (Å²) < 4.78 is 28.2. The molecule has 170 valence electrons. The fourth-order valence-corrected chi connectivity index (χ4v) is 3.52. The Labute approximate surface area is 181 Å². The van der Waals surface area contributed by atoms with E-state index in [1.165, 1.54) is 4.57 Å². The van der Waals surface area contributed by atoms with Gasteiger partial charge < -0.3 is 25.1 Å². The summed E-state index contributed by atoms with van der Waals surface area (Å²) in [5, 5.41) is 19.5. The smallest absolute Gasteiger partial charge is 0.257 e. The van der Waals surface area contributed by atoms with Gasteiger partial charge in [0.2, 0.25) is 5.43 Å². The number of amides is 1. The van der Waals surface area contributed by atoms with E-state index in [1.54, 1.807) is 20.2 Å². The monoisotopic (exact) mass is 448 g/mol. The third-order valence-corrected chi connectivity index (χ3v) is 5.33. The van der Waals surface area contributed by atoms with Gasteiger partial charge in [-0.1, -0.05) is 11.2 Å². The average Bonchev–Trinajstić information content (AvgIpc) is 3.20. The molecule has 3 rings (SSSR count). The van der Waals surface area contributed by atoms with Crippen LogP contribution < -0.4 is 16.1 Å². The van der Waals surface area contributed by atoms with Gasteiger partial charge in [0, 0.05) is 43.6 Å². The molecular weight excluding hydrogens is 426 g/mol. The maximum atomic E-state index is 13.8. The number of halogens is 2. The van der Waals surface area contributed by atoms with Gasteiger partial charge >= 0.3 is 0 Å². The Morgan fingerprint density at radius 1 is 1.44 bits per heavy atom. The summed E-state index contributed by atoms with van der Waals surface area (Å²) in [5.74, 6) is -3.43. The number of pyridine rings is 1. The van der Waals surface area contributed by atoms with Crippen LogP contribution in [-0.4, -0.2) is 47.3 Å². The van der Waals surface area contributed by atoms with E-state index in [0.717, 1.165) is 18.3 Å². The number of benzene rings is 1. The number of nitrogens with one attached hydrogen (secondary N) is 2. The first-order valence-corrected chi connectivity index (χ1v) is 9.72. The van der Waals surface area contributed by atoms with E-state index in [-0.39, 0.29) is 24.3 Å². The number of hydrogen-bond acceptors (Lipinski definition) is 7. The molecule has 1 aromatic heterocycles. The molecule has 0 saturated heterocycles. The fraction of sp³-hybridized carbons (Fsp3) is 0.333. The van der Waals surface area contributed by atoms with Gasteiger partial charge in [-0.3, -0.25) is 14.4 Å². The Balaban J connectivity index is 1.99. The van der Waals surface area contributed by atoms with E-state index in [2.05, 4.69) is 15.8 Å². The summed E-state index contributed by atoms with van der Waals surface area (Å²) in [6, 6.07) is 2.24. The molecule has 0 bridgehead atoms. The minimum atomic E-state index is -1.06. The van der Waals surface area contributed by atoms with Crippen molar-refractivity contribution < 1.29 is 28.3 Å². The predicted octanol–water partition coefficient (Wildman–Crippen LogP) is 1.50. The van der Waals surface area contributed by atoms with E-state index in [4.69, 9.17) is 4.84 Å². The first kappa shape index (κ1) is 23.1. The lowest BCUT2D eigenvalue weighted by molar-refractivity contribution is -0.0438. The lowest BCUT2D eigenvalue weighted by Gasteiger charge is -2.34. The number of rotatable bonds is 8. The van der Waals surface area contributed by atoms with Gasteiger partial charge in [-0.05, 0) is 20.0 Å². The standard InChI is InChI=1S/C21H22F2N4O5/c1-21(5-6-26-32-21)17(9-24-2)27-10-14(18(29)19(30)16(27)11-28)20(31)25-8-12-3-4-13(22)7-15(12)23/h3-4,6-7,10-11,17,24,30H,5,8-9H2,1-2H3,(H,25,31). The van der Waals surface area contributed by atoms with Crippen LogP contribution in [0.1, 0.15) is 45.8 Å². The third-order valence-electron chi connectivity index (χ3n) is 5.33. The number of nitrogens with zero attached hydrogens (tertiary/aromatic N) is 2. The summed E-state index contributed by atoms with van der Waals surface area (Å²) in [4.78, 5) is 42.4. The van der Waals surface area contributed by atoms with Gasteiger partial charge in [0.15, 0.2) is 17.6 Å². The van der Waals surface area contributed by atoms with Gasteiger partial charge in [-0.25, -0.2) is 8.78 Å². The Kier molecular flexibility index (Phi) is 6.68. The van der Waals surface area contributed by atoms with Gasteiger partial charge in [-0.2, -0.15) is 0 Å². The normalized spacial score (nSPS) is 18.2. The number of aromatic nitrogens is 1. The maximum Gasteiger partial charge on any atom is 0.257 e. The largest absolute Gasteiger partial charge is 0.503 e. The molecule has 2 aromatic rings. The van der Waals surface area contributed by atoms with Crippen molar-refractivity contribution in [3.05, 3.63) is 63.1 Å². The first-order valence-electron chi connectivity index (χ1n) is 9.72. The molecule has 0 aliphatic carbocycles. The van der Waals surface area contributed by atoms with Crippen LogP contribution >= 0.6 is 0 Å². The number of aromatic hydroxyl groups is 1. The first-order chi connectivity index (χ1) is 15.2. The highest BCUT2D eigenvalue weighted by Crippen LogP contribution is 2.34. The summed E-state index contributed by atoms with van der Waals surface area (Å²) in [6.07, 6.45) is 3.40. The maximum absolute atomic E-state index is 13.8. The summed E-state index contributed by atoms with van der Waals surface area (Å²) in [5.41, 5.74) is -2.76. The van der Waals surface area contributed by atoms with Gasteiger partial charge in [0.1, 0.15) is 22.9 Å². The van der Waals surface area contributed by atoms with Crippen molar-refractivity contribution in [2.45, 2.75) is 31.5 Å². The molecule has 1 amide bonds. The second kappa shape index (κ2) is 9.27. The minimum absolute atomic E-state index is 0.00545. The molecule has 0 fully saturated rings. The van der Waals surface area contributed by atoms with Crippen molar-refractivity contribution in [1.82, 2.24) is 15.2 Å². The van der Waals surface area contributed by atoms with Crippen LogP contribution in [0, 0.1) is 11.6 Å². The van der Waals surface area contributed by atoms with E-state index in [0.29, 0.717) is 18.8 Å². The highest BCUT2D eigenvalue weighted by Gasteiger charge is 2.41. The molecular formula is C21H22F2N4O5. The number of likely N-dealkylation sites (N-methyl/N-ethyl adjacent to an activating group) is 1. The zero-order valence-electron chi connectivity index (χ0n) is 17.4. The molecule has 2 atom stereocenters. The van der Waals surface area contributed by atoms with Crippen molar-refractivity contribution in [2.75, 3.05) is 13.6 Å². The van der Waals surface area contributed by atoms with Crippen molar-refractivity contribution in [1.29, 1.82) is 0 Å². The predicted molar refractivity (Wildman–Crippen MR) is 111 cm³/mol. The van der Waals surface area contributed by atoms with Crippen LogP contribution in [0.5, 0.6) is 5.75 Å². The van der Waals surface area contributed by atoms with Crippen molar-refractivity contribution >= 4 is 18.4 Å². The Morgan fingerprint density at radius 3 is 2.78 bits per heavy atom. The quantitative estimate of drug-likeness (QED) is 0.526. The molecule has 3 N–H and O–H groups in total. The zero-order chi connectivity index (χ0) is 23.5. The molecule has 2 heterocycles. The van der Waals surface area contributed by atoms with Crippen LogP contribution in [0.4, 0.5) is 8.78 Å². The molecule has 2 unspecified atom stereocenters. The molecule has 1 aliphatic heterocycles. The molecule has 0 radical (unpaired) electrons. The topological polar surface area (TPSA) is 122 Å². The minimum Gasteiger partial charge on any atom is -0.503 e. The zero-order valence-corrected chi connectivity index (χ0v) is 17.4. The summed E-state index contributed by atoms with van der Waals surface area (Å²) in [7, 11) is 1.67. The van der Waals surface area contributed by atoms with Gasteiger partial charge in [0.25, 0.3) is 5.91 Å².